The maximum Gasteiger partial charge on any atom is 0.274 e. The summed E-state index contributed by atoms with van der Waals surface area (Å²) in [4.78, 5) is 0. The van der Waals surface area contributed by atoms with Gasteiger partial charge < -0.3 is 9.52 Å². The number of furan rings is 1. The number of rotatable bonds is 4. The van der Waals surface area contributed by atoms with E-state index in [0.717, 1.165) is 25.7 Å². The van der Waals surface area contributed by atoms with Crippen LogP contribution in [0.3, 0.4) is 0 Å². The zero-order valence-corrected chi connectivity index (χ0v) is 10.6. The van der Waals surface area contributed by atoms with Crippen LogP contribution in [0, 0.1) is 0 Å². The largest absolute Gasteiger partial charge is 0.446 e. The number of sulfonamides is 1. The fourth-order valence-electron chi connectivity index (χ4n) is 2.22. The van der Waals surface area contributed by atoms with Crippen molar-refractivity contribution >= 4 is 10.0 Å². The lowest BCUT2D eigenvalue weighted by molar-refractivity contribution is 0.236. The fraction of sp³-hybridized carbons (Fsp3) is 0.636. The molecular formula is C11H17NO4S. The molecule has 1 aliphatic carbocycles. The Morgan fingerprint density at radius 3 is 2.59 bits per heavy atom. The van der Waals surface area contributed by atoms with Gasteiger partial charge in [0.15, 0.2) is 0 Å². The summed E-state index contributed by atoms with van der Waals surface area (Å²) < 4.78 is 31.8. The molecule has 0 atom stereocenters. The van der Waals surface area contributed by atoms with E-state index < -0.39 is 10.0 Å². The predicted octanol–water partition coefficient (Wildman–Crippen LogP) is 1.38. The number of nitrogens with one attached hydrogen (secondary N) is 1. The van der Waals surface area contributed by atoms with Crippen molar-refractivity contribution in [2.45, 2.75) is 49.8 Å². The Kier molecular flexibility index (Phi) is 3.29. The average molecular weight is 259 g/mol. The first-order valence-corrected chi connectivity index (χ1v) is 7.17. The monoisotopic (exact) mass is 259 g/mol. The van der Waals surface area contributed by atoms with Gasteiger partial charge in [0, 0.05) is 5.54 Å². The highest BCUT2D eigenvalue weighted by atomic mass is 32.2. The molecule has 0 aliphatic heterocycles. The van der Waals surface area contributed by atoms with Crippen LogP contribution in [0.15, 0.2) is 21.6 Å². The highest BCUT2D eigenvalue weighted by Crippen LogP contribution is 2.30. The topological polar surface area (TPSA) is 79.5 Å². The molecule has 2 rings (SSSR count). The van der Waals surface area contributed by atoms with Crippen LogP contribution in [0.4, 0.5) is 0 Å². The van der Waals surface area contributed by atoms with Crippen LogP contribution in [-0.2, 0) is 16.6 Å². The molecule has 1 fully saturated rings. The van der Waals surface area contributed by atoms with Gasteiger partial charge in [-0.1, -0.05) is 12.8 Å². The molecule has 6 heteroatoms. The van der Waals surface area contributed by atoms with Crippen molar-refractivity contribution in [1.29, 1.82) is 0 Å². The third-order valence-electron chi connectivity index (χ3n) is 3.15. The second-order valence-electron chi connectivity index (χ2n) is 4.75. The van der Waals surface area contributed by atoms with E-state index in [2.05, 4.69) is 4.72 Å². The van der Waals surface area contributed by atoms with Crippen molar-refractivity contribution in [3.63, 3.8) is 0 Å². The minimum atomic E-state index is -3.62. The lowest BCUT2D eigenvalue weighted by Crippen LogP contribution is -2.43. The SMILES string of the molecule is CC1(NS(=O)(=O)c2ccc(CO)o2)CCCC1. The van der Waals surface area contributed by atoms with Crippen LogP contribution in [0.2, 0.25) is 0 Å². The van der Waals surface area contributed by atoms with Gasteiger partial charge in [0.2, 0.25) is 5.09 Å². The molecule has 0 bridgehead atoms. The number of aliphatic hydroxyl groups is 1. The lowest BCUT2D eigenvalue weighted by atomic mass is 10.0. The molecule has 0 amide bonds. The molecular weight excluding hydrogens is 242 g/mol. The van der Waals surface area contributed by atoms with Crippen LogP contribution >= 0.6 is 0 Å². The van der Waals surface area contributed by atoms with Gasteiger partial charge in [-0.2, -0.15) is 0 Å². The first-order valence-electron chi connectivity index (χ1n) is 5.69. The van der Waals surface area contributed by atoms with Gasteiger partial charge in [-0.05, 0) is 31.9 Å². The number of hydrogen-bond acceptors (Lipinski definition) is 4. The van der Waals surface area contributed by atoms with Gasteiger partial charge >= 0.3 is 0 Å². The summed E-state index contributed by atoms with van der Waals surface area (Å²) >= 11 is 0. The van der Waals surface area contributed by atoms with Gasteiger partial charge in [0.05, 0.1) is 0 Å². The van der Waals surface area contributed by atoms with Gasteiger partial charge in [-0.3, -0.25) is 0 Å². The fourth-order valence-corrected chi connectivity index (χ4v) is 3.64. The molecule has 17 heavy (non-hydrogen) atoms. The molecule has 0 spiro atoms. The second-order valence-corrected chi connectivity index (χ2v) is 6.37. The van der Waals surface area contributed by atoms with Crippen LogP contribution in [0.5, 0.6) is 0 Å². The predicted molar refractivity (Wildman–Crippen MR) is 61.8 cm³/mol. The van der Waals surface area contributed by atoms with E-state index in [4.69, 9.17) is 9.52 Å². The first-order chi connectivity index (χ1) is 7.95. The van der Waals surface area contributed by atoms with Crippen molar-refractivity contribution < 1.29 is 17.9 Å². The maximum atomic E-state index is 12.0. The molecule has 1 heterocycles. The normalized spacial score (nSPS) is 19.6. The quantitative estimate of drug-likeness (QED) is 0.856. The van der Waals surface area contributed by atoms with Crippen molar-refractivity contribution in [3.8, 4) is 0 Å². The van der Waals surface area contributed by atoms with Crippen LogP contribution in [0.25, 0.3) is 0 Å². The summed E-state index contributed by atoms with van der Waals surface area (Å²) in [7, 11) is -3.62. The van der Waals surface area contributed by atoms with E-state index in [1.807, 2.05) is 6.92 Å². The first kappa shape index (κ1) is 12.6. The van der Waals surface area contributed by atoms with Gasteiger partial charge in [0.1, 0.15) is 12.4 Å². The molecule has 1 aromatic rings. The van der Waals surface area contributed by atoms with Crippen LogP contribution in [0.1, 0.15) is 38.4 Å². The Labute approximate surface area is 101 Å². The molecule has 0 radical (unpaired) electrons. The second kappa shape index (κ2) is 4.44. The van der Waals surface area contributed by atoms with Crippen molar-refractivity contribution in [2.24, 2.45) is 0 Å². The Morgan fingerprint density at radius 2 is 2.06 bits per heavy atom. The zero-order chi connectivity index (χ0) is 12.5. The summed E-state index contributed by atoms with van der Waals surface area (Å²) in [6, 6.07) is 2.83. The zero-order valence-electron chi connectivity index (χ0n) is 9.77. The van der Waals surface area contributed by atoms with Gasteiger partial charge in [-0.25, -0.2) is 13.1 Å². The van der Waals surface area contributed by atoms with E-state index >= 15 is 0 Å². The van der Waals surface area contributed by atoms with Crippen molar-refractivity contribution in [1.82, 2.24) is 4.72 Å². The molecule has 0 unspecified atom stereocenters. The van der Waals surface area contributed by atoms with Crippen LogP contribution < -0.4 is 4.72 Å². The summed E-state index contributed by atoms with van der Waals surface area (Å²) in [6.45, 7) is 1.61. The van der Waals surface area contributed by atoms with E-state index in [-0.39, 0.29) is 23.0 Å². The molecule has 0 saturated heterocycles. The Balaban J connectivity index is 2.18. The van der Waals surface area contributed by atoms with E-state index in [9.17, 15) is 8.42 Å². The smallest absolute Gasteiger partial charge is 0.274 e. The molecule has 2 N–H and O–H groups in total. The molecule has 5 nitrogen and oxygen atoms in total. The number of aliphatic hydroxyl groups excluding tert-OH is 1. The maximum absolute atomic E-state index is 12.0. The minimum absolute atomic E-state index is 0.130. The minimum Gasteiger partial charge on any atom is -0.446 e. The lowest BCUT2D eigenvalue weighted by Gasteiger charge is -2.23. The van der Waals surface area contributed by atoms with E-state index in [1.54, 1.807) is 0 Å². The van der Waals surface area contributed by atoms with E-state index in [1.165, 1.54) is 12.1 Å². The third-order valence-corrected chi connectivity index (χ3v) is 4.66. The Hall–Kier alpha value is -0.850. The van der Waals surface area contributed by atoms with Gasteiger partial charge in [-0.15, -0.1) is 0 Å². The van der Waals surface area contributed by atoms with E-state index in [0.29, 0.717) is 0 Å². The molecule has 0 aromatic carbocycles. The van der Waals surface area contributed by atoms with Crippen LogP contribution in [-0.4, -0.2) is 19.1 Å². The standard InChI is InChI=1S/C11H17NO4S/c1-11(6-2-3-7-11)12-17(14,15)10-5-4-9(8-13)16-10/h4-5,12-13H,2-3,6-8H2,1H3. The summed E-state index contributed by atoms with van der Waals surface area (Å²) in [6.07, 6.45) is 3.78. The highest BCUT2D eigenvalue weighted by molar-refractivity contribution is 7.89. The summed E-state index contributed by atoms with van der Waals surface area (Å²) in [5.74, 6) is 0.252. The Bertz CT molecular complexity index is 485. The Morgan fingerprint density at radius 1 is 1.41 bits per heavy atom. The molecule has 1 aliphatic rings. The summed E-state index contributed by atoms with van der Waals surface area (Å²) in [5.41, 5.74) is -0.370. The molecule has 1 aromatic heterocycles. The van der Waals surface area contributed by atoms with Crippen molar-refractivity contribution in [2.75, 3.05) is 0 Å². The molecule has 1 saturated carbocycles. The molecule has 96 valence electrons. The highest BCUT2D eigenvalue weighted by Gasteiger charge is 2.34. The van der Waals surface area contributed by atoms with Crippen molar-refractivity contribution in [3.05, 3.63) is 17.9 Å². The third kappa shape index (κ3) is 2.70. The number of hydrogen-bond donors (Lipinski definition) is 2. The average Bonchev–Trinajstić information content (AvgIpc) is 2.85. The summed E-state index contributed by atoms with van der Waals surface area (Å²) in [5, 5.41) is 8.71. The van der Waals surface area contributed by atoms with Gasteiger partial charge in [0.25, 0.3) is 10.0 Å².